The molecule has 0 spiro atoms. The van der Waals surface area contributed by atoms with Gasteiger partial charge in [-0.05, 0) is 24.7 Å². The van der Waals surface area contributed by atoms with Crippen LogP contribution in [0, 0.1) is 6.92 Å². The van der Waals surface area contributed by atoms with E-state index in [9.17, 15) is 5.11 Å². The second-order valence-electron chi connectivity index (χ2n) is 3.76. The van der Waals surface area contributed by atoms with Crippen LogP contribution in [0.25, 0.3) is 10.8 Å². The maximum Gasteiger partial charge on any atom is 0.184 e. The molecule has 5 nitrogen and oxygen atoms in total. The van der Waals surface area contributed by atoms with Crippen molar-refractivity contribution < 1.29 is 5.11 Å². The summed E-state index contributed by atoms with van der Waals surface area (Å²) in [6, 6.07) is 5.70. The Morgan fingerprint density at radius 3 is 3.06 bits per heavy atom. The number of aryl methyl sites for hydroxylation is 1. The van der Waals surface area contributed by atoms with Crippen LogP contribution in [0.15, 0.2) is 29.5 Å². The Morgan fingerprint density at radius 2 is 2.33 bits per heavy atom. The largest absolute Gasteiger partial charge is 0.506 e. The van der Waals surface area contributed by atoms with E-state index < -0.39 is 0 Å². The summed E-state index contributed by atoms with van der Waals surface area (Å²) < 4.78 is 0. The van der Waals surface area contributed by atoms with Crippen molar-refractivity contribution in [2.24, 2.45) is 10.8 Å². The highest BCUT2D eigenvalue weighted by Crippen LogP contribution is 2.27. The number of nitrogens with two attached hydrogens (primary N) is 1. The number of aromatic hydroxyl groups is 1. The molecule has 0 amide bonds. The fraction of sp³-hybridized carbons (Fsp3) is 0.0833. The minimum Gasteiger partial charge on any atom is -0.506 e. The molecule has 0 saturated heterocycles. The third kappa shape index (κ3) is 2.38. The molecule has 92 valence electrons. The van der Waals surface area contributed by atoms with E-state index in [1.807, 2.05) is 25.1 Å². The predicted molar refractivity (Wildman–Crippen MR) is 75.7 cm³/mol. The van der Waals surface area contributed by atoms with Gasteiger partial charge in [-0.15, -0.1) is 0 Å². The molecule has 0 fully saturated rings. The van der Waals surface area contributed by atoms with Gasteiger partial charge in [-0.25, -0.2) is 0 Å². The number of hydrazone groups is 1. The monoisotopic (exact) mass is 260 g/mol. The van der Waals surface area contributed by atoms with Gasteiger partial charge in [0.25, 0.3) is 0 Å². The molecule has 0 atom stereocenters. The van der Waals surface area contributed by atoms with Crippen molar-refractivity contribution in [2.75, 3.05) is 0 Å². The number of aromatic nitrogens is 1. The van der Waals surface area contributed by atoms with Gasteiger partial charge in [0.05, 0.1) is 18.1 Å². The van der Waals surface area contributed by atoms with Gasteiger partial charge in [-0.3, -0.25) is 10.4 Å². The van der Waals surface area contributed by atoms with E-state index in [1.165, 1.54) is 12.4 Å². The van der Waals surface area contributed by atoms with Crippen LogP contribution in [0.4, 0.5) is 0 Å². The lowest BCUT2D eigenvalue weighted by atomic mass is 10.0. The number of rotatable bonds is 2. The first kappa shape index (κ1) is 12.3. The molecule has 0 aliphatic rings. The topological polar surface area (TPSA) is 83.5 Å². The number of thiocarbonyl (C=S) groups is 1. The van der Waals surface area contributed by atoms with Crippen LogP contribution in [0.3, 0.4) is 0 Å². The highest BCUT2D eigenvalue weighted by molar-refractivity contribution is 7.80. The molecule has 18 heavy (non-hydrogen) atoms. The van der Waals surface area contributed by atoms with Gasteiger partial charge in [0.1, 0.15) is 5.75 Å². The second kappa shape index (κ2) is 4.97. The summed E-state index contributed by atoms with van der Waals surface area (Å²) in [5.74, 6) is 0.155. The van der Waals surface area contributed by atoms with E-state index in [-0.39, 0.29) is 10.9 Å². The smallest absolute Gasteiger partial charge is 0.184 e. The molecule has 1 heterocycles. The molecule has 0 bridgehead atoms. The summed E-state index contributed by atoms with van der Waals surface area (Å²) in [6.45, 7) is 1.93. The molecule has 0 aliphatic heterocycles. The molecular weight excluding hydrogens is 248 g/mol. The Kier molecular flexibility index (Phi) is 3.38. The van der Waals surface area contributed by atoms with E-state index in [0.29, 0.717) is 5.69 Å². The fourth-order valence-corrected chi connectivity index (χ4v) is 1.80. The van der Waals surface area contributed by atoms with E-state index in [2.05, 4.69) is 27.7 Å². The highest BCUT2D eigenvalue weighted by Gasteiger charge is 2.07. The zero-order valence-corrected chi connectivity index (χ0v) is 10.5. The number of benzene rings is 1. The molecule has 0 unspecified atom stereocenters. The Balaban J connectivity index is 2.53. The van der Waals surface area contributed by atoms with Crippen molar-refractivity contribution in [1.29, 1.82) is 0 Å². The molecular formula is C12H12N4OS. The van der Waals surface area contributed by atoms with E-state index in [4.69, 9.17) is 5.73 Å². The lowest BCUT2D eigenvalue weighted by Crippen LogP contribution is -2.24. The first-order chi connectivity index (χ1) is 8.59. The Morgan fingerprint density at radius 1 is 1.56 bits per heavy atom. The quantitative estimate of drug-likeness (QED) is 0.432. The van der Waals surface area contributed by atoms with E-state index >= 15 is 0 Å². The Labute approximate surface area is 109 Å². The third-order valence-electron chi connectivity index (χ3n) is 2.49. The summed E-state index contributed by atoms with van der Waals surface area (Å²) in [7, 11) is 0. The lowest BCUT2D eigenvalue weighted by molar-refractivity contribution is 0.479. The van der Waals surface area contributed by atoms with Crippen molar-refractivity contribution in [2.45, 2.75) is 6.92 Å². The van der Waals surface area contributed by atoms with Gasteiger partial charge < -0.3 is 10.8 Å². The van der Waals surface area contributed by atoms with E-state index in [0.717, 1.165) is 16.3 Å². The fourth-order valence-electron chi connectivity index (χ4n) is 1.75. The maximum atomic E-state index is 9.83. The summed E-state index contributed by atoms with van der Waals surface area (Å²) in [4.78, 5) is 4.12. The van der Waals surface area contributed by atoms with Crippen LogP contribution in [-0.4, -0.2) is 21.4 Å². The number of fused-ring (bicyclic) bond motifs is 1. The number of nitrogens with one attached hydrogen (secondary N) is 1. The first-order valence-electron chi connectivity index (χ1n) is 5.25. The molecule has 1 aromatic heterocycles. The zero-order valence-electron chi connectivity index (χ0n) is 9.71. The third-order valence-corrected chi connectivity index (χ3v) is 2.58. The first-order valence-corrected chi connectivity index (χ1v) is 5.66. The minimum atomic E-state index is 0.0884. The van der Waals surface area contributed by atoms with Crippen LogP contribution in [0.2, 0.25) is 0 Å². The van der Waals surface area contributed by atoms with Crippen molar-refractivity contribution in [1.82, 2.24) is 10.4 Å². The minimum absolute atomic E-state index is 0.0884. The van der Waals surface area contributed by atoms with Crippen LogP contribution >= 0.6 is 12.2 Å². The lowest BCUT2D eigenvalue weighted by Gasteiger charge is -2.06. The van der Waals surface area contributed by atoms with E-state index in [1.54, 1.807) is 0 Å². The molecule has 6 heteroatoms. The normalized spacial score (nSPS) is 10.9. The molecule has 2 rings (SSSR count). The highest BCUT2D eigenvalue weighted by atomic mass is 32.1. The van der Waals surface area contributed by atoms with Crippen molar-refractivity contribution >= 4 is 34.3 Å². The summed E-state index contributed by atoms with van der Waals surface area (Å²) in [6.07, 6.45) is 2.91. The number of pyridine rings is 1. The standard InChI is InChI=1S/C12H12N4OS/c1-7-3-2-4-8-9(5-15-16-12(13)18)14-6-10(17)11(7)8/h2-6,17H,1H3,(H3,13,16,18)/b15-5+. The SMILES string of the molecule is Cc1cccc2c(/C=N/NC(N)=S)ncc(O)c12. The van der Waals surface area contributed by atoms with Crippen LogP contribution < -0.4 is 11.2 Å². The number of nitrogens with zero attached hydrogens (tertiary/aromatic N) is 2. The van der Waals surface area contributed by atoms with Gasteiger partial charge in [0.15, 0.2) is 5.11 Å². The molecule has 0 aliphatic carbocycles. The average Bonchev–Trinajstić information content (AvgIpc) is 2.32. The van der Waals surface area contributed by atoms with Crippen LogP contribution in [-0.2, 0) is 0 Å². The van der Waals surface area contributed by atoms with Gasteiger partial charge in [0.2, 0.25) is 0 Å². The van der Waals surface area contributed by atoms with Gasteiger partial charge in [-0.1, -0.05) is 18.2 Å². The molecule has 0 radical (unpaired) electrons. The number of hydrogen-bond acceptors (Lipinski definition) is 4. The Hall–Kier alpha value is -2.21. The summed E-state index contributed by atoms with van der Waals surface area (Å²) >= 11 is 4.64. The number of hydrogen-bond donors (Lipinski definition) is 3. The van der Waals surface area contributed by atoms with Crippen LogP contribution in [0.5, 0.6) is 5.75 Å². The predicted octanol–water partition coefficient (Wildman–Crippen LogP) is 1.42. The van der Waals surface area contributed by atoms with Gasteiger partial charge in [0, 0.05) is 10.8 Å². The Bertz CT molecular complexity index is 631. The summed E-state index contributed by atoms with van der Waals surface area (Å²) in [5, 5.41) is 15.4. The molecule has 4 N–H and O–H groups in total. The van der Waals surface area contributed by atoms with Gasteiger partial charge >= 0.3 is 0 Å². The zero-order chi connectivity index (χ0) is 13.1. The van der Waals surface area contributed by atoms with Crippen molar-refractivity contribution in [3.8, 4) is 5.75 Å². The molecule has 0 saturated carbocycles. The maximum absolute atomic E-state index is 9.83. The van der Waals surface area contributed by atoms with Crippen LogP contribution in [0.1, 0.15) is 11.3 Å². The van der Waals surface area contributed by atoms with Gasteiger partial charge in [-0.2, -0.15) is 5.10 Å². The molecule has 1 aromatic carbocycles. The summed E-state index contributed by atoms with van der Waals surface area (Å²) in [5.41, 5.74) is 9.34. The average molecular weight is 260 g/mol. The molecule has 2 aromatic rings. The second-order valence-corrected chi connectivity index (χ2v) is 4.20. The van der Waals surface area contributed by atoms with Crippen molar-refractivity contribution in [3.63, 3.8) is 0 Å². The van der Waals surface area contributed by atoms with Crippen molar-refractivity contribution in [3.05, 3.63) is 35.7 Å².